The van der Waals surface area contributed by atoms with E-state index in [-0.39, 0.29) is 6.04 Å². The molecule has 0 aromatic heterocycles. The molecule has 2 nitrogen and oxygen atoms in total. The Kier molecular flexibility index (Phi) is 1.64. The van der Waals surface area contributed by atoms with E-state index in [1.54, 1.807) is 0 Å². The lowest BCUT2D eigenvalue weighted by molar-refractivity contribution is 0.414. The minimum atomic E-state index is 0.0787. The first-order valence-electron chi connectivity index (χ1n) is 5.48. The molecule has 3 heteroatoms. The average molecular weight is 236 g/mol. The summed E-state index contributed by atoms with van der Waals surface area (Å²) in [7, 11) is 0. The van der Waals surface area contributed by atoms with Crippen LogP contribution in [-0.4, -0.2) is 4.90 Å². The number of rotatable bonds is 0. The van der Waals surface area contributed by atoms with Gasteiger partial charge < -0.3 is 4.90 Å². The third-order valence-electron chi connectivity index (χ3n) is 3.31. The Bertz CT molecular complexity index is 661. The standard InChI is InChI=1S/C14H8N2S/c15-8-9-4-3-7-16-12(9)10-5-1-2-6-11(10)13-14(16)17-13/h1-7,12H. The highest BCUT2D eigenvalue weighted by Gasteiger charge is 2.42. The average Bonchev–Trinajstić information content (AvgIpc) is 3.19. The summed E-state index contributed by atoms with van der Waals surface area (Å²) in [6, 6.07) is 10.8. The molecule has 0 saturated carbocycles. The fourth-order valence-corrected chi connectivity index (χ4v) is 3.45. The highest BCUT2D eigenvalue weighted by atomic mass is 32.2. The molecule has 80 valence electrons. The van der Waals surface area contributed by atoms with Gasteiger partial charge in [0, 0.05) is 6.20 Å². The van der Waals surface area contributed by atoms with Crippen LogP contribution < -0.4 is 0 Å². The van der Waals surface area contributed by atoms with Crippen LogP contribution in [0, 0.1) is 11.3 Å². The van der Waals surface area contributed by atoms with Gasteiger partial charge in [-0.3, -0.25) is 0 Å². The zero-order chi connectivity index (χ0) is 11.4. The van der Waals surface area contributed by atoms with Crippen molar-refractivity contribution in [3.05, 3.63) is 64.3 Å². The van der Waals surface area contributed by atoms with E-state index in [4.69, 9.17) is 0 Å². The van der Waals surface area contributed by atoms with E-state index >= 15 is 0 Å². The summed E-state index contributed by atoms with van der Waals surface area (Å²) in [5.41, 5.74) is 3.36. The topological polar surface area (TPSA) is 27.0 Å². The SMILES string of the molecule is N#CC1=CC=CN2C3=C(S3)c3ccccc3C12. The van der Waals surface area contributed by atoms with E-state index in [0.29, 0.717) is 0 Å². The first-order valence-corrected chi connectivity index (χ1v) is 6.30. The van der Waals surface area contributed by atoms with Crippen molar-refractivity contribution < 1.29 is 0 Å². The van der Waals surface area contributed by atoms with Gasteiger partial charge in [0.2, 0.25) is 0 Å². The van der Waals surface area contributed by atoms with Crippen molar-refractivity contribution in [2.75, 3.05) is 0 Å². The number of hydrogen-bond donors (Lipinski definition) is 0. The van der Waals surface area contributed by atoms with Gasteiger partial charge in [-0.05, 0) is 23.3 Å². The van der Waals surface area contributed by atoms with Gasteiger partial charge in [-0.1, -0.05) is 36.0 Å². The largest absolute Gasteiger partial charge is 0.329 e. The molecule has 0 aliphatic carbocycles. The lowest BCUT2D eigenvalue weighted by Gasteiger charge is -2.32. The number of benzene rings is 1. The van der Waals surface area contributed by atoms with E-state index in [2.05, 4.69) is 35.4 Å². The summed E-state index contributed by atoms with van der Waals surface area (Å²) in [4.78, 5) is 3.57. The molecule has 0 fully saturated rings. The van der Waals surface area contributed by atoms with Crippen LogP contribution >= 0.6 is 11.8 Å². The van der Waals surface area contributed by atoms with E-state index in [0.717, 1.165) is 5.57 Å². The molecule has 3 aliphatic heterocycles. The van der Waals surface area contributed by atoms with Gasteiger partial charge in [-0.25, -0.2) is 0 Å². The Morgan fingerprint density at radius 1 is 1.29 bits per heavy atom. The van der Waals surface area contributed by atoms with Crippen LogP contribution in [0.1, 0.15) is 17.2 Å². The van der Waals surface area contributed by atoms with Crippen LogP contribution in [0.2, 0.25) is 0 Å². The van der Waals surface area contributed by atoms with Crippen LogP contribution in [0.25, 0.3) is 4.91 Å². The van der Waals surface area contributed by atoms with Gasteiger partial charge in [0.25, 0.3) is 0 Å². The van der Waals surface area contributed by atoms with Crippen molar-refractivity contribution in [3.8, 4) is 6.07 Å². The van der Waals surface area contributed by atoms with Gasteiger partial charge in [0.1, 0.15) is 0 Å². The predicted molar refractivity (Wildman–Crippen MR) is 68.4 cm³/mol. The molecule has 0 amide bonds. The molecule has 1 aromatic carbocycles. The molecule has 17 heavy (non-hydrogen) atoms. The summed E-state index contributed by atoms with van der Waals surface area (Å²) in [6.07, 6.45) is 5.93. The molecular weight excluding hydrogens is 228 g/mol. The molecule has 0 radical (unpaired) electrons. The number of fused-ring (bicyclic) bond motifs is 5. The first-order chi connectivity index (χ1) is 8.40. The summed E-state index contributed by atoms with van der Waals surface area (Å²) in [6.45, 7) is 0. The summed E-state index contributed by atoms with van der Waals surface area (Å²) >= 11 is 1.81. The van der Waals surface area contributed by atoms with Crippen molar-refractivity contribution in [3.63, 3.8) is 0 Å². The fraction of sp³-hybridized carbons (Fsp3) is 0.0714. The summed E-state index contributed by atoms with van der Waals surface area (Å²) < 4.78 is 0. The maximum absolute atomic E-state index is 9.25. The molecule has 4 rings (SSSR count). The van der Waals surface area contributed by atoms with Gasteiger partial charge in [-0.2, -0.15) is 5.26 Å². The second-order valence-corrected chi connectivity index (χ2v) is 5.21. The number of nitriles is 1. The third-order valence-corrected chi connectivity index (χ3v) is 4.33. The van der Waals surface area contributed by atoms with Gasteiger partial charge in [0.15, 0.2) is 0 Å². The lowest BCUT2D eigenvalue weighted by atomic mass is 9.90. The van der Waals surface area contributed by atoms with Crippen LogP contribution in [0.3, 0.4) is 0 Å². The van der Waals surface area contributed by atoms with E-state index in [1.807, 2.05) is 30.0 Å². The molecule has 3 aliphatic rings. The molecule has 0 N–H and O–H groups in total. The minimum absolute atomic E-state index is 0.0787. The number of nitrogens with zero attached hydrogens (tertiary/aromatic N) is 2. The molecule has 0 bridgehead atoms. The Hall–Kier alpha value is -1.92. The lowest BCUT2D eigenvalue weighted by Crippen LogP contribution is -2.25. The minimum Gasteiger partial charge on any atom is -0.329 e. The number of thioether (sulfide) groups is 1. The van der Waals surface area contributed by atoms with Crippen molar-refractivity contribution in [2.45, 2.75) is 6.04 Å². The normalized spacial score (nSPS) is 23.4. The van der Waals surface area contributed by atoms with E-state index in [1.165, 1.54) is 21.1 Å². The molecule has 0 spiro atoms. The summed E-state index contributed by atoms with van der Waals surface area (Å²) in [5.74, 6) is 0. The molecule has 1 atom stereocenters. The number of allylic oxidation sites excluding steroid dienone is 2. The Morgan fingerprint density at radius 2 is 2.18 bits per heavy atom. The van der Waals surface area contributed by atoms with Crippen LogP contribution in [0.5, 0.6) is 0 Å². The van der Waals surface area contributed by atoms with Gasteiger partial charge in [-0.15, -0.1) is 0 Å². The zero-order valence-corrected chi connectivity index (χ0v) is 9.74. The molecule has 1 unspecified atom stereocenters. The van der Waals surface area contributed by atoms with E-state index in [9.17, 15) is 5.26 Å². The second kappa shape index (κ2) is 3.06. The maximum atomic E-state index is 9.25. The van der Waals surface area contributed by atoms with Crippen LogP contribution in [-0.2, 0) is 0 Å². The fourth-order valence-electron chi connectivity index (χ4n) is 2.52. The second-order valence-electron chi connectivity index (χ2n) is 4.21. The predicted octanol–water partition coefficient (Wildman–Crippen LogP) is 3.39. The first kappa shape index (κ1) is 9.15. The Labute approximate surface area is 104 Å². The summed E-state index contributed by atoms with van der Waals surface area (Å²) in [5, 5.41) is 10.6. The van der Waals surface area contributed by atoms with E-state index < -0.39 is 0 Å². The molecule has 1 aromatic rings. The van der Waals surface area contributed by atoms with Crippen LogP contribution in [0.4, 0.5) is 0 Å². The smallest absolute Gasteiger partial charge is 0.0973 e. The molecular formula is C14H8N2S. The maximum Gasteiger partial charge on any atom is 0.0973 e. The van der Waals surface area contributed by atoms with Crippen LogP contribution in [0.15, 0.2) is 53.2 Å². The molecule has 3 heterocycles. The quantitative estimate of drug-likeness (QED) is 0.691. The third kappa shape index (κ3) is 1.11. The monoisotopic (exact) mass is 236 g/mol. The highest BCUT2D eigenvalue weighted by molar-refractivity contribution is 8.19. The van der Waals surface area contributed by atoms with Crippen molar-refractivity contribution in [1.82, 2.24) is 4.90 Å². The van der Waals surface area contributed by atoms with Gasteiger partial charge >= 0.3 is 0 Å². The van der Waals surface area contributed by atoms with Gasteiger partial charge in [0.05, 0.1) is 27.6 Å². The zero-order valence-electron chi connectivity index (χ0n) is 8.92. The van der Waals surface area contributed by atoms with Crippen molar-refractivity contribution in [1.29, 1.82) is 5.26 Å². The number of hydrogen-bond acceptors (Lipinski definition) is 3. The van der Waals surface area contributed by atoms with Crippen molar-refractivity contribution >= 4 is 16.7 Å². The van der Waals surface area contributed by atoms with Crippen molar-refractivity contribution in [2.24, 2.45) is 0 Å². The Balaban J connectivity index is 1.98. The Morgan fingerprint density at radius 3 is 3.06 bits per heavy atom. The highest BCUT2D eigenvalue weighted by Crippen LogP contribution is 2.62. The molecule has 0 saturated heterocycles.